The lowest BCUT2D eigenvalue weighted by Gasteiger charge is -2.31. The molecule has 1 saturated heterocycles. The molecular weight excluding hydrogens is 293 g/mol. The van der Waals surface area contributed by atoms with Crippen molar-refractivity contribution in [3.63, 3.8) is 0 Å². The Morgan fingerprint density at radius 3 is 2.60 bits per heavy atom. The third kappa shape index (κ3) is 4.03. The molecule has 1 aliphatic rings. The standard InChI is InChI=1S/C11H17F3N4OS/c12-11(13,14)9-16-10(20-17-9)18-5-2-8(3-6-18)19-7-1-4-15/h8H,1-7,15H2. The molecule has 0 aromatic carbocycles. The Labute approximate surface area is 119 Å². The number of rotatable bonds is 5. The van der Waals surface area contributed by atoms with Crippen LogP contribution in [0.15, 0.2) is 0 Å². The van der Waals surface area contributed by atoms with Crippen LogP contribution in [-0.4, -0.2) is 41.7 Å². The summed E-state index contributed by atoms with van der Waals surface area (Å²) in [6.07, 6.45) is -1.92. The van der Waals surface area contributed by atoms with E-state index in [0.717, 1.165) is 30.8 Å². The van der Waals surface area contributed by atoms with Crippen molar-refractivity contribution in [2.24, 2.45) is 5.73 Å². The Bertz CT molecular complexity index is 418. The first-order chi connectivity index (χ1) is 9.50. The molecule has 1 aromatic rings. The molecule has 9 heteroatoms. The van der Waals surface area contributed by atoms with Crippen LogP contribution >= 0.6 is 11.5 Å². The average molecular weight is 310 g/mol. The van der Waals surface area contributed by atoms with Crippen molar-refractivity contribution in [2.45, 2.75) is 31.5 Å². The van der Waals surface area contributed by atoms with Gasteiger partial charge in [0.2, 0.25) is 11.0 Å². The monoisotopic (exact) mass is 310 g/mol. The Morgan fingerprint density at radius 1 is 1.35 bits per heavy atom. The van der Waals surface area contributed by atoms with Crippen molar-refractivity contribution < 1.29 is 17.9 Å². The van der Waals surface area contributed by atoms with Crippen LogP contribution in [0.3, 0.4) is 0 Å². The SMILES string of the molecule is NCCCOC1CCN(c2nc(C(F)(F)F)ns2)CC1. The molecule has 1 aromatic heterocycles. The summed E-state index contributed by atoms with van der Waals surface area (Å²) < 4.78 is 46.3. The molecule has 114 valence electrons. The number of nitrogens with two attached hydrogens (primary N) is 1. The Morgan fingerprint density at radius 2 is 2.05 bits per heavy atom. The van der Waals surface area contributed by atoms with E-state index < -0.39 is 12.0 Å². The van der Waals surface area contributed by atoms with Gasteiger partial charge in [-0.3, -0.25) is 0 Å². The van der Waals surface area contributed by atoms with Crippen LogP contribution < -0.4 is 10.6 Å². The van der Waals surface area contributed by atoms with Crippen LogP contribution in [0.25, 0.3) is 0 Å². The maximum Gasteiger partial charge on any atom is 0.452 e. The largest absolute Gasteiger partial charge is 0.452 e. The first kappa shape index (κ1) is 15.5. The number of piperidine rings is 1. The number of aromatic nitrogens is 2. The molecule has 0 radical (unpaired) electrons. The van der Waals surface area contributed by atoms with E-state index in [2.05, 4.69) is 9.36 Å². The average Bonchev–Trinajstić information content (AvgIpc) is 2.89. The lowest BCUT2D eigenvalue weighted by atomic mass is 10.1. The van der Waals surface area contributed by atoms with E-state index in [0.29, 0.717) is 31.4 Å². The summed E-state index contributed by atoms with van der Waals surface area (Å²) in [4.78, 5) is 5.39. The number of anilines is 1. The third-order valence-electron chi connectivity index (χ3n) is 3.08. The molecule has 0 saturated carbocycles. The van der Waals surface area contributed by atoms with Crippen molar-refractivity contribution in [1.29, 1.82) is 0 Å². The number of ether oxygens (including phenoxy) is 1. The fourth-order valence-corrected chi connectivity index (χ4v) is 2.74. The van der Waals surface area contributed by atoms with E-state index >= 15 is 0 Å². The van der Waals surface area contributed by atoms with Crippen LogP contribution in [0.4, 0.5) is 18.3 Å². The smallest absolute Gasteiger partial charge is 0.378 e. The second-order valence-electron chi connectivity index (χ2n) is 4.60. The summed E-state index contributed by atoms with van der Waals surface area (Å²) in [5.41, 5.74) is 5.39. The number of nitrogens with zero attached hydrogens (tertiary/aromatic N) is 3. The first-order valence-corrected chi connectivity index (χ1v) is 7.25. The molecule has 2 heterocycles. The van der Waals surface area contributed by atoms with E-state index in [1.54, 1.807) is 0 Å². The van der Waals surface area contributed by atoms with Crippen molar-refractivity contribution in [3.05, 3.63) is 5.82 Å². The van der Waals surface area contributed by atoms with Gasteiger partial charge >= 0.3 is 6.18 Å². The van der Waals surface area contributed by atoms with Gasteiger partial charge in [-0.2, -0.15) is 22.5 Å². The summed E-state index contributed by atoms with van der Waals surface area (Å²) >= 11 is 0.793. The molecule has 1 aliphatic heterocycles. The first-order valence-electron chi connectivity index (χ1n) is 6.48. The highest BCUT2D eigenvalue weighted by Crippen LogP contribution is 2.31. The van der Waals surface area contributed by atoms with E-state index in [-0.39, 0.29) is 6.10 Å². The second kappa shape index (κ2) is 6.68. The van der Waals surface area contributed by atoms with Gasteiger partial charge in [0.15, 0.2) is 0 Å². The second-order valence-corrected chi connectivity index (χ2v) is 5.33. The fourth-order valence-electron chi connectivity index (χ4n) is 2.01. The van der Waals surface area contributed by atoms with Gasteiger partial charge in [-0.1, -0.05) is 0 Å². The van der Waals surface area contributed by atoms with E-state index in [1.807, 2.05) is 4.90 Å². The van der Waals surface area contributed by atoms with Crippen molar-refractivity contribution >= 4 is 16.7 Å². The third-order valence-corrected chi connectivity index (χ3v) is 3.86. The lowest BCUT2D eigenvalue weighted by Crippen LogP contribution is -2.37. The van der Waals surface area contributed by atoms with E-state index in [4.69, 9.17) is 10.5 Å². The molecule has 0 bridgehead atoms. The molecule has 5 nitrogen and oxygen atoms in total. The summed E-state index contributed by atoms with van der Waals surface area (Å²) in [7, 11) is 0. The van der Waals surface area contributed by atoms with Gasteiger partial charge in [0.25, 0.3) is 0 Å². The minimum Gasteiger partial charge on any atom is -0.378 e. The fraction of sp³-hybridized carbons (Fsp3) is 0.818. The number of halogens is 3. The molecule has 0 spiro atoms. The topological polar surface area (TPSA) is 64.3 Å². The Balaban J connectivity index is 1.83. The minimum absolute atomic E-state index is 0.160. The summed E-state index contributed by atoms with van der Waals surface area (Å²) in [5, 5.41) is 0.331. The zero-order chi connectivity index (χ0) is 14.6. The van der Waals surface area contributed by atoms with Crippen molar-refractivity contribution in [2.75, 3.05) is 31.1 Å². The highest BCUT2D eigenvalue weighted by Gasteiger charge is 2.37. The van der Waals surface area contributed by atoms with Crippen LogP contribution in [0.1, 0.15) is 25.1 Å². The number of alkyl halides is 3. The lowest BCUT2D eigenvalue weighted by molar-refractivity contribution is -0.144. The van der Waals surface area contributed by atoms with Gasteiger partial charge < -0.3 is 15.4 Å². The van der Waals surface area contributed by atoms with Crippen LogP contribution in [-0.2, 0) is 10.9 Å². The highest BCUT2D eigenvalue weighted by molar-refractivity contribution is 7.09. The molecule has 20 heavy (non-hydrogen) atoms. The number of hydrogen-bond donors (Lipinski definition) is 1. The van der Waals surface area contributed by atoms with Crippen molar-refractivity contribution in [3.8, 4) is 0 Å². The normalized spacial score (nSPS) is 17.7. The van der Waals surface area contributed by atoms with Crippen LogP contribution in [0, 0.1) is 0 Å². The maximum atomic E-state index is 12.4. The van der Waals surface area contributed by atoms with Crippen LogP contribution in [0.2, 0.25) is 0 Å². The van der Waals surface area contributed by atoms with Gasteiger partial charge in [0.05, 0.1) is 6.10 Å². The molecule has 0 amide bonds. The van der Waals surface area contributed by atoms with Gasteiger partial charge in [0.1, 0.15) is 0 Å². The number of hydrogen-bond acceptors (Lipinski definition) is 6. The quantitative estimate of drug-likeness (QED) is 0.842. The Kier molecular flexibility index (Phi) is 5.17. The zero-order valence-corrected chi connectivity index (χ0v) is 11.7. The molecule has 2 N–H and O–H groups in total. The van der Waals surface area contributed by atoms with E-state index in [1.165, 1.54) is 0 Å². The molecule has 2 rings (SSSR count). The van der Waals surface area contributed by atoms with Gasteiger partial charge in [-0.25, -0.2) is 0 Å². The zero-order valence-electron chi connectivity index (χ0n) is 10.9. The highest BCUT2D eigenvalue weighted by atomic mass is 32.1. The molecule has 0 aliphatic carbocycles. The van der Waals surface area contributed by atoms with Crippen LogP contribution in [0.5, 0.6) is 0 Å². The molecule has 0 unspecified atom stereocenters. The predicted molar refractivity (Wildman–Crippen MR) is 69.8 cm³/mol. The predicted octanol–water partition coefficient (Wildman–Crippen LogP) is 1.89. The van der Waals surface area contributed by atoms with Gasteiger partial charge in [-0.05, 0) is 25.8 Å². The maximum absolute atomic E-state index is 12.4. The summed E-state index contributed by atoms with van der Waals surface area (Å²) in [6.45, 7) is 2.52. The molecule has 1 fully saturated rings. The van der Waals surface area contributed by atoms with Crippen molar-refractivity contribution in [1.82, 2.24) is 9.36 Å². The Hall–Kier alpha value is -0.930. The van der Waals surface area contributed by atoms with E-state index in [9.17, 15) is 13.2 Å². The minimum atomic E-state index is -4.47. The summed E-state index contributed by atoms with van der Waals surface area (Å²) in [6, 6.07) is 0. The molecule has 0 atom stereocenters. The van der Waals surface area contributed by atoms with Gasteiger partial charge in [-0.15, -0.1) is 0 Å². The molecular formula is C11H17F3N4OS. The van der Waals surface area contributed by atoms with Gasteiger partial charge in [0, 0.05) is 31.2 Å². The summed E-state index contributed by atoms with van der Waals surface area (Å²) in [5.74, 6) is -1.06.